The Bertz CT molecular complexity index is 572. The molecule has 2 aliphatic rings. The van der Waals surface area contributed by atoms with Crippen molar-refractivity contribution in [2.45, 2.75) is 38.4 Å². The van der Waals surface area contributed by atoms with Crippen LogP contribution in [0.25, 0.3) is 0 Å². The maximum atomic E-state index is 12.8. The van der Waals surface area contributed by atoms with Gasteiger partial charge in [-0.3, -0.25) is 4.79 Å². The molecule has 3 atom stereocenters. The van der Waals surface area contributed by atoms with Gasteiger partial charge in [0.2, 0.25) is 5.91 Å². The van der Waals surface area contributed by atoms with Crippen molar-refractivity contribution >= 4 is 11.9 Å². The summed E-state index contributed by atoms with van der Waals surface area (Å²) < 4.78 is 0. The number of amides is 1. The molecule has 1 amide bonds. The quantitative estimate of drug-likeness (QED) is 0.852. The van der Waals surface area contributed by atoms with Gasteiger partial charge in [-0.05, 0) is 31.0 Å². The van der Waals surface area contributed by atoms with Crippen molar-refractivity contribution in [1.29, 1.82) is 0 Å². The van der Waals surface area contributed by atoms with E-state index < -0.39 is 12.0 Å². The van der Waals surface area contributed by atoms with Crippen LogP contribution in [0.15, 0.2) is 24.3 Å². The van der Waals surface area contributed by atoms with Crippen LogP contribution < -0.4 is 5.32 Å². The number of hydrogen-bond acceptors (Lipinski definition) is 3. The summed E-state index contributed by atoms with van der Waals surface area (Å²) in [6.45, 7) is 3.21. The molecule has 0 radical (unpaired) electrons. The Kier molecular flexibility index (Phi) is 3.68. The fourth-order valence-electron chi connectivity index (χ4n) is 3.38. The topological polar surface area (TPSA) is 69.6 Å². The van der Waals surface area contributed by atoms with Crippen LogP contribution in [0.3, 0.4) is 0 Å². The van der Waals surface area contributed by atoms with Crippen molar-refractivity contribution in [3.8, 4) is 0 Å². The van der Waals surface area contributed by atoms with Gasteiger partial charge in [0.15, 0.2) is 0 Å². The Labute approximate surface area is 123 Å². The van der Waals surface area contributed by atoms with Crippen molar-refractivity contribution in [2.75, 3.05) is 6.54 Å². The van der Waals surface area contributed by atoms with Crippen molar-refractivity contribution in [3.63, 3.8) is 0 Å². The summed E-state index contributed by atoms with van der Waals surface area (Å²) in [4.78, 5) is 25.9. The lowest BCUT2D eigenvalue weighted by atomic mass is 9.91. The van der Waals surface area contributed by atoms with Crippen LogP contribution in [0.2, 0.25) is 0 Å². The zero-order chi connectivity index (χ0) is 15.0. The first-order chi connectivity index (χ1) is 10.1. The first kappa shape index (κ1) is 14.1. The number of fused-ring (bicyclic) bond motifs is 1. The van der Waals surface area contributed by atoms with Crippen LogP contribution >= 0.6 is 0 Å². The Morgan fingerprint density at radius 2 is 2.00 bits per heavy atom. The van der Waals surface area contributed by atoms with E-state index in [-0.39, 0.29) is 17.9 Å². The fraction of sp³-hybridized carbons (Fsp3) is 0.500. The Morgan fingerprint density at radius 3 is 2.62 bits per heavy atom. The molecule has 0 aliphatic carbocycles. The number of nitrogens with one attached hydrogen (secondary N) is 1. The van der Waals surface area contributed by atoms with Gasteiger partial charge in [0.1, 0.15) is 6.04 Å². The highest BCUT2D eigenvalue weighted by atomic mass is 16.4. The van der Waals surface area contributed by atoms with E-state index in [0.29, 0.717) is 13.0 Å². The molecule has 0 bridgehead atoms. The molecule has 5 nitrogen and oxygen atoms in total. The second-order valence-electron chi connectivity index (χ2n) is 5.93. The minimum Gasteiger partial charge on any atom is -0.480 e. The van der Waals surface area contributed by atoms with Crippen molar-refractivity contribution in [1.82, 2.24) is 10.2 Å². The summed E-state index contributed by atoms with van der Waals surface area (Å²) in [7, 11) is 0. The van der Waals surface area contributed by atoms with E-state index in [9.17, 15) is 14.7 Å². The monoisotopic (exact) mass is 288 g/mol. The predicted octanol–water partition coefficient (Wildman–Crippen LogP) is 1.02. The maximum Gasteiger partial charge on any atom is 0.326 e. The van der Waals surface area contributed by atoms with Crippen LogP contribution in [-0.4, -0.2) is 40.5 Å². The average Bonchev–Trinajstić information content (AvgIpc) is 2.91. The molecule has 1 aromatic carbocycles. The molecule has 1 fully saturated rings. The van der Waals surface area contributed by atoms with Gasteiger partial charge in [0.05, 0.1) is 5.92 Å². The summed E-state index contributed by atoms with van der Waals surface area (Å²) in [5.74, 6) is -1.07. The van der Waals surface area contributed by atoms with Crippen LogP contribution in [0, 0.1) is 5.92 Å². The lowest BCUT2D eigenvalue weighted by Crippen LogP contribution is -2.51. The van der Waals surface area contributed by atoms with E-state index in [0.717, 1.165) is 24.1 Å². The van der Waals surface area contributed by atoms with E-state index in [1.54, 1.807) is 4.90 Å². The second kappa shape index (κ2) is 5.48. The van der Waals surface area contributed by atoms with Gasteiger partial charge in [-0.1, -0.05) is 24.3 Å². The Hall–Kier alpha value is -1.88. The first-order valence-electron chi connectivity index (χ1n) is 7.41. The average molecular weight is 288 g/mol. The van der Waals surface area contributed by atoms with E-state index >= 15 is 0 Å². The molecule has 2 N–H and O–H groups in total. The lowest BCUT2D eigenvalue weighted by Gasteiger charge is -2.36. The van der Waals surface area contributed by atoms with Gasteiger partial charge in [-0.15, -0.1) is 0 Å². The van der Waals surface area contributed by atoms with Crippen molar-refractivity contribution in [3.05, 3.63) is 35.4 Å². The van der Waals surface area contributed by atoms with Gasteiger partial charge < -0.3 is 15.3 Å². The number of carboxylic acid groups (broad SMARTS) is 1. The van der Waals surface area contributed by atoms with Crippen LogP contribution in [0.1, 0.15) is 24.5 Å². The van der Waals surface area contributed by atoms with Gasteiger partial charge in [0.25, 0.3) is 0 Å². The fourth-order valence-corrected chi connectivity index (χ4v) is 3.38. The Morgan fingerprint density at radius 1 is 1.29 bits per heavy atom. The molecule has 0 spiro atoms. The number of benzene rings is 1. The number of rotatable bonds is 2. The standard InChI is InChI=1S/C16H20N2O3/c1-10-13(6-7-17-10)15(19)18-9-12-5-3-2-4-11(12)8-14(18)16(20)21/h2-5,10,13-14,17H,6-9H2,1H3,(H,20,21)/t10?,13?,14-/m1/s1. The Balaban J connectivity index is 1.89. The lowest BCUT2D eigenvalue weighted by molar-refractivity contribution is -0.153. The predicted molar refractivity (Wildman–Crippen MR) is 77.7 cm³/mol. The molecule has 1 saturated heterocycles. The maximum absolute atomic E-state index is 12.8. The van der Waals surface area contributed by atoms with E-state index in [1.807, 2.05) is 31.2 Å². The zero-order valence-electron chi connectivity index (χ0n) is 12.1. The van der Waals surface area contributed by atoms with Gasteiger partial charge in [0, 0.05) is 19.0 Å². The number of carbonyl (C=O) groups is 2. The number of hydrogen-bond donors (Lipinski definition) is 2. The number of aliphatic carboxylic acids is 1. The third kappa shape index (κ3) is 2.53. The first-order valence-corrected chi connectivity index (χ1v) is 7.41. The smallest absolute Gasteiger partial charge is 0.326 e. The van der Waals surface area contributed by atoms with Gasteiger partial charge >= 0.3 is 5.97 Å². The molecule has 1 aromatic rings. The summed E-state index contributed by atoms with van der Waals surface area (Å²) in [5, 5.41) is 12.7. The third-order valence-electron chi connectivity index (χ3n) is 4.66. The molecule has 0 saturated carbocycles. The van der Waals surface area contributed by atoms with Crippen molar-refractivity contribution in [2.24, 2.45) is 5.92 Å². The summed E-state index contributed by atoms with van der Waals surface area (Å²) in [6.07, 6.45) is 1.18. The largest absolute Gasteiger partial charge is 0.480 e. The van der Waals surface area contributed by atoms with E-state index in [1.165, 1.54) is 0 Å². The second-order valence-corrected chi connectivity index (χ2v) is 5.93. The zero-order valence-corrected chi connectivity index (χ0v) is 12.1. The summed E-state index contributed by atoms with van der Waals surface area (Å²) in [6, 6.07) is 7.14. The van der Waals surface area contributed by atoms with Crippen LogP contribution in [0.4, 0.5) is 0 Å². The molecule has 21 heavy (non-hydrogen) atoms. The summed E-state index contributed by atoms with van der Waals surface area (Å²) in [5.41, 5.74) is 2.09. The highest BCUT2D eigenvalue weighted by molar-refractivity contribution is 5.86. The normalized spacial score (nSPS) is 28.2. The molecule has 5 heteroatoms. The highest BCUT2D eigenvalue weighted by Gasteiger charge is 2.40. The summed E-state index contributed by atoms with van der Waals surface area (Å²) >= 11 is 0. The van der Waals surface area contributed by atoms with E-state index in [4.69, 9.17) is 0 Å². The molecule has 3 rings (SSSR count). The molecule has 2 heterocycles. The molecular formula is C16H20N2O3. The minimum absolute atomic E-state index is 0.0330. The highest BCUT2D eigenvalue weighted by Crippen LogP contribution is 2.27. The van der Waals surface area contributed by atoms with Gasteiger partial charge in [-0.2, -0.15) is 0 Å². The molecule has 2 aliphatic heterocycles. The third-order valence-corrected chi connectivity index (χ3v) is 4.66. The molecular weight excluding hydrogens is 268 g/mol. The molecule has 0 aromatic heterocycles. The number of carboxylic acids is 1. The van der Waals surface area contributed by atoms with Crippen molar-refractivity contribution < 1.29 is 14.7 Å². The SMILES string of the molecule is CC1NCCC1C(=O)N1Cc2ccccc2C[C@@H]1C(=O)O. The molecule has 2 unspecified atom stereocenters. The number of carbonyl (C=O) groups excluding carboxylic acids is 1. The van der Waals surface area contributed by atoms with Gasteiger partial charge in [-0.25, -0.2) is 4.79 Å². The van der Waals surface area contributed by atoms with Crippen LogP contribution in [-0.2, 0) is 22.6 Å². The van der Waals surface area contributed by atoms with Crippen LogP contribution in [0.5, 0.6) is 0 Å². The van der Waals surface area contributed by atoms with E-state index in [2.05, 4.69) is 5.32 Å². The minimum atomic E-state index is -0.920. The molecule has 112 valence electrons. The number of nitrogens with zero attached hydrogens (tertiary/aromatic N) is 1.